The number of rotatable bonds is 1. The van der Waals surface area contributed by atoms with Crippen molar-refractivity contribution in [1.82, 2.24) is 0 Å². The highest BCUT2D eigenvalue weighted by molar-refractivity contribution is 5.44. The van der Waals surface area contributed by atoms with Crippen molar-refractivity contribution >= 4 is 0 Å². The minimum absolute atomic E-state index is 0.0151. The van der Waals surface area contributed by atoms with Gasteiger partial charge in [0.05, 0.1) is 13.7 Å². The number of benzene rings is 1. The van der Waals surface area contributed by atoms with Gasteiger partial charge in [-0.15, -0.1) is 0 Å². The van der Waals surface area contributed by atoms with Gasteiger partial charge in [-0.3, -0.25) is 0 Å². The van der Waals surface area contributed by atoms with Crippen LogP contribution in [0.25, 0.3) is 0 Å². The van der Waals surface area contributed by atoms with Crippen molar-refractivity contribution in [2.24, 2.45) is 5.73 Å². The van der Waals surface area contributed by atoms with Crippen LogP contribution < -0.4 is 15.2 Å². The second kappa shape index (κ2) is 4.44. The molecule has 1 aromatic rings. The van der Waals surface area contributed by atoms with Crippen molar-refractivity contribution in [2.75, 3.05) is 20.3 Å². The largest absolute Gasteiger partial charge is 0.497 e. The Morgan fingerprint density at radius 1 is 1.44 bits per heavy atom. The summed E-state index contributed by atoms with van der Waals surface area (Å²) in [6.07, 6.45) is 2.87. The maximum Gasteiger partial charge on any atom is 0.134 e. The van der Waals surface area contributed by atoms with E-state index in [1.165, 1.54) is 0 Å². The van der Waals surface area contributed by atoms with Crippen molar-refractivity contribution in [1.29, 1.82) is 0 Å². The van der Waals surface area contributed by atoms with Crippen LogP contribution in [0.2, 0.25) is 0 Å². The molecule has 2 aliphatic heterocycles. The van der Waals surface area contributed by atoms with Gasteiger partial charge in [0.2, 0.25) is 0 Å². The zero-order valence-electron chi connectivity index (χ0n) is 10.6. The molecule has 0 saturated carbocycles. The second-order valence-corrected chi connectivity index (χ2v) is 5.16. The van der Waals surface area contributed by atoms with Gasteiger partial charge in [-0.05, 0) is 18.9 Å². The van der Waals surface area contributed by atoms with Gasteiger partial charge in [-0.2, -0.15) is 0 Å². The van der Waals surface area contributed by atoms with E-state index in [1.807, 2.05) is 18.2 Å². The van der Waals surface area contributed by atoms with Gasteiger partial charge in [-0.25, -0.2) is 0 Å². The molecule has 4 heteroatoms. The fraction of sp³-hybridized carbons (Fsp3) is 0.571. The first kappa shape index (κ1) is 11.8. The molecule has 4 nitrogen and oxygen atoms in total. The van der Waals surface area contributed by atoms with Crippen molar-refractivity contribution in [3.05, 3.63) is 23.8 Å². The molecule has 2 aliphatic rings. The highest BCUT2D eigenvalue weighted by atomic mass is 16.5. The van der Waals surface area contributed by atoms with Crippen LogP contribution in [0.1, 0.15) is 30.9 Å². The van der Waals surface area contributed by atoms with Crippen molar-refractivity contribution < 1.29 is 14.2 Å². The second-order valence-electron chi connectivity index (χ2n) is 5.16. The van der Waals surface area contributed by atoms with Crippen LogP contribution in [0, 0.1) is 0 Å². The van der Waals surface area contributed by atoms with Crippen LogP contribution in [-0.4, -0.2) is 25.9 Å². The topological polar surface area (TPSA) is 53.7 Å². The number of ether oxygens (including phenoxy) is 3. The minimum atomic E-state index is -0.239. The van der Waals surface area contributed by atoms with Gasteiger partial charge >= 0.3 is 0 Å². The Labute approximate surface area is 107 Å². The van der Waals surface area contributed by atoms with Gasteiger partial charge < -0.3 is 19.9 Å². The SMILES string of the molecule is COc1ccc2c(c1)OC1(CCCOC1)CC2N. The molecular weight excluding hydrogens is 230 g/mol. The Hall–Kier alpha value is -1.26. The summed E-state index contributed by atoms with van der Waals surface area (Å²) in [4.78, 5) is 0. The lowest BCUT2D eigenvalue weighted by Gasteiger charge is -2.43. The molecule has 1 fully saturated rings. The molecule has 3 rings (SSSR count). The molecule has 2 atom stereocenters. The molecule has 1 saturated heterocycles. The third-order valence-corrected chi connectivity index (χ3v) is 3.82. The third-order valence-electron chi connectivity index (χ3n) is 3.82. The molecule has 2 unspecified atom stereocenters. The van der Waals surface area contributed by atoms with E-state index in [4.69, 9.17) is 19.9 Å². The molecule has 98 valence electrons. The number of fused-ring (bicyclic) bond motifs is 1. The van der Waals surface area contributed by atoms with Crippen LogP contribution in [0.4, 0.5) is 0 Å². The van der Waals surface area contributed by atoms with Crippen LogP contribution in [-0.2, 0) is 4.74 Å². The first-order chi connectivity index (χ1) is 8.72. The van der Waals surface area contributed by atoms with E-state index in [1.54, 1.807) is 7.11 Å². The maximum absolute atomic E-state index is 6.27. The van der Waals surface area contributed by atoms with E-state index in [-0.39, 0.29) is 11.6 Å². The summed E-state index contributed by atoms with van der Waals surface area (Å²) in [6.45, 7) is 1.46. The lowest BCUT2D eigenvalue weighted by Crippen LogP contribution is -2.49. The summed E-state index contributed by atoms with van der Waals surface area (Å²) in [5, 5.41) is 0. The van der Waals surface area contributed by atoms with Gasteiger partial charge in [0.15, 0.2) is 0 Å². The number of hydrogen-bond acceptors (Lipinski definition) is 4. The summed E-state index contributed by atoms with van der Waals surface area (Å²) in [5.41, 5.74) is 7.09. The molecule has 0 aliphatic carbocycles. The van der Waals surface area contributed by atoms with Crippen LogP contribution in [0.5, 0.6) is 11.5 Å². The Balaban J connectivity index is 1.94. The fourth-order valence-electron chi connectivity index (χ4n) is 2.89. The third kappa shape index (κ3) is 1.95. The van der Waals surface area contributed by atoms with Gasteiger partial charge in [-0.1, -0.05) is 6.07 Å². The molecule has 1 aromatic carbocycles. The Bertz CT molecular complexity index is 441. The van der Waals surface area contributed by atoms with E-state index in [9.17, 15) is 0 Å². The molecule has 0 amide bonds. The zero-order chi connectivity index (χ0) is 12.6. The quantitative estimate of drug-likeness (QED) is 0.827. The normalized spacial score (nSPS) is 30.7. The number of nitrogens with two attached hydrogens (primary N) is 1. The number of methoxy groups -OCH3 is 1. The summed E-state index contributed by atoms with van der Waals surface area (Å²) in [7, 11) is 1.66. The minimum Gasteiger partial charge on any atom is -0.497 e. The molecule has 0 radical (unpaired) electrons. The van der Waals surface area contributed by atoms with Gasteiger partial charge in [0.1, 0.15) is 17.1 Å². The van der Waals surface area contributed by atoms with Crippen molar-refractivity contribution in [3.8, 4) is 11.5 Å². The van der Waals surface area contributed by atoms with Crippen LogP contribution in [0.3, 0.4) is 0 Å². The first-order valence-corrected chi connectivity index (χ1v) is 6.43. The van der Waals surface area contributed by atoms with E-state index in [0.29, 0.717) is 6.61 Å². The predicted molar refractivity (Wildman–Crippen MR) is 68.0 cm³/mol. The van der Waals surface area contributed by atoms with Crippen LogP contribution in [0.15, 0.2) is 18.2 Å². The molecule has 2 heterocycles. The van der Waals surface area contributed by atoms with Crippen LogP contribution >= 0.6 is 0 Å². The average molecular weight is 249 g/mol. The van der Waals surface area contributed by atoms with Crippen molar-refractivity contribution in [2.45, 2.75) is 30.9 Å². The maximum atomic E-state index is 6.27. The van der Waals surface area contributed by atoms with E-state index >= 15 is 0 Å². The molecule has 1 spiro atoms. The molecule has 18 heavy (non-hydrogen) atoms. The first-order valence-electron chi connectivity index (χ1n) is 6.43. The average Bonchev–Trinajstić information content (AvgIpc) is 2.38. The summed E-state index contributed by atoms with van der Waals surface area (Å²) in [6, 6.07) is 5.86. The standard InChI is InChI=1S/C14H19NO3/c1-16-10-3-4-11-12(15)8-14(18-13(11)7-10)5-2-6-17-9-14/h3-4,7,12H,2,5-6,8-9,15H2,1H3. The Morgan fingerprint density at radius 2 is 2.33 bits per heavy atom. The molecule has 0 aromatic heterocycles. The smallest absolute Gasteiger partial charge is 0.134 e. The van der Waals surface area contributed by atoms with Crippen molar-refractivity contribution in [3.63, 3.8) is 0 Å². The summed E-state index contributed by atoms with van der Waals surface area (Å²) >= 11 is 0. The highest BCUT2D eigenvalue weighted by Gasteiger charge is 2.41. The molecule has 0 bridgehead atoms. The molecule has 2 N–H and O–H groups in total. The van der Waals surface area contributed by atoms with E-state index in [0.717, 1.165) is 42.9 Å². The Morgan fingerprint density at radius 3 is 3.06 bits per heavy atom. The molecular formula is C14H19NO3. The summed E-state index contributed by atoms with van der Waals surface area (Å²) in [5.74, 6) is 1.65. The fourth-order valence-corrected chi connectivity index (χ4v) is 2.89. The van der Waals surface area contributed by atoms with Gasteiger partial charge in [0, 0.05) is 30.7 Å². The lowest BCUT2D eigenvalue weighted by molar-refractivity contribution is -0.0833. The lowest BCUT2D eigenvalue weighted by atomic mass is 9.84. The van der Waals surface area contributed by atoms with E-state index < -0.39 is 0 Å². The zero-order valence-corrected chi connectivity index (χ0v) is 10.6. The Kier molecular flexibility index (Phi) is 2.92. The monoisotopic (exact) mass is 249 g/mol. The predicted octanol–water partition coefficient (Wildman–Crippen LogP) is 2.03. The number of hydrogen-bond donors (Lipinski definition) is 1. The highest BCUT2D eigenvalue weighted by Crippen LogP contribution is 2.43. The van der Waals surface area contributed by atoms with E-state index in [2.05, 4.69) is 0 Å². The summed E-state index contributed by atoms with van der Waals surface area (Å²) < 4.78 is 17.0. The van der Waals surface area contributed by atoms with Gasteiger partial charge in [0.25, 0.3) is 0 Å².